The zero-order valence-electron chi connectivity index (χ0n) is 17.8. The summed E-state index contributed by atoms with van der Waals surface area (Å²) >= 11 is 0. The molecule has 1 atom stereocenters. The quantitative estimate of drug-likeness (QED) is 0.289. The Bertz CT molecular complexity index is 749. The van der Waals surface area contributed by atoms with E-state index in [2.05, 4.69) is 41.3 Å². The average molecular weight is 439 g/mol. The van der Waals surface area contributed by atoms with E-state index >= 15 is 0 Å². The number of nitro benzene ring substituents is 1. The number of aliphatic carboxylic acids is 2. The second-order valence-corrected chi connectivity index (χ2v) is 7.40. The van der Waals surface area contributed by atoms with Gasteiger partial charge in [0, 0.05) is 56.6 Å². The van der Waals surface area contributed by atoms with Crippen LogP contribution in [0.2, 0.25) is 0 Å². The van der Waals surface area contributed by atoms with Crippen molar-refractivity contribution in [3.8, 4) is 0 Å². The number of carboxylic acids is 2. The maximum Gasteiger partial charge on any atom is 0.414 e. The fourth-order valence-corrected chi connectivity index (χ4v) is 2.98. The van der Waals surface area contributed by atoms with E-state index in [1.165, 1.54) is 24.3 Å². The summed E-state index contributed by atoms with van der Waals surface area (Å²) in [5, 5.41) is 31.1. The molecule has 0 aromatic heterocycles. The lowest BCUT2D eigenvalue weighted by Crippen LogP contribution is -2.54. The van der Waals surface area contributed by atoms with Gasteiger partial charge in [0.15, 0.2) is 0 Å². The predicted molar refractivity (Wildman–Crippen MR) is 113 cm³/mol. The van der Waals surface area contributed by atoms with E-state index in [1.807, 2.05) is 0 Å². The molecular formula is C19H29N5O7. The molecule has 0 spiro atoms. The SMILES string of the molecule is CC(C)C(CNC(=O)Nc1ccc([N+](=O)[O-])cc1)N1CCN(C)CC1.O=C(O)C(=O)O. The number of carboxylic acid groups (broad SMARTS) is 2. The summed E-state index contributed by atoms with van der Waals surface area (Å²) in [5.41, 5.74) is 0.532. The number of carbonyl (C=O) groups is 3. The number of anilines is 1. The van der Waals surface area contributed by atoms with Crippen LogP contribution in [0.15, 0.2) is 24.3 Å². The monoisotopic (exact) mass is 439 g/mol. The van der Waals surface area contributed by atoms with Crippen molar-refractivity contribution >= 4 is 29.3 Å². The van der Waals surface area contributed by atoms with Gasteiger partial charge >= 0.3 is 18.0 Å². The molecule has 1 heterocycles. The maximum absolute atomic E-state index is 12.1. The Labute approximate surface area is 180 Å². The summed E-state index contributed by atoms with van der Waals surface area (Å²) in [5.74, 6) is -3.21. The van der Waals surface area contributed by atoms with Crippen LogP contribution in [0.3, 0.4) is 0 Å². The van der Waals surface area contributed by atoms with Crippen LogP contribution in [0.4, 0.5) is 16.2 Å². The normalized spacial score (nSPS) is 15.4. The Morgan fingerprint density at radius 2 is 1.58 bits per heavy atom. The van der Waals surface area contributed by atoms with Gasteiger partial charge in [-0.15, -0.1) is 0 Å². The molecule has 0 radical (unpaired) electrons. The van der Waals surface area contributed by atoms with Crippen LogP contribution >= 0.6 is 0 Å². The lowest BCUT2D eigenvalue weighted by Gasteiger charge is -2.39. The first kappa shape index (κ1) is 25.8. The fraction of sp³-hybridized carbons (Fsp3) is 0.526. The van der Waals surface area contributed by atoms with E-state index in [4.69, 9.17) is 19.8 Å². The van der Waals surface area contributed by atoms with Crippen molar-refractivity contribution in [2.24, 2.45) is 5.92 Å². The molecule has 2 amide bonds. The molecule has 31 heavy (non-hydrogen) atoms. The van der Waals surface area contributed by atoms with Gasteiger partial charge in [0.2, 0.25) is 0 Å². The zero-order chi connectivity index (χ0) is 23.6. The Kier molecular flexibility index (Phi) is 10.4. The molecular weight excluding hydrogens is 410 g/mol. The van der Waals surface area contributed by atoms with Crippen LogP contribution in [0.25, 0.3) is 0 Å². The summed E-state index contributed by atoms with van der Waals surface area (Å²) in [6, 6.07) is 5.79. The number of nitro groups is 1. The number of likely N-dealkylation sites (N-methyl/N-ethyl adjacent to an activating group) is 1. The van der Waals surface area contributed by atoms with Crippen molar-refractivity contribution in [3.63, 3.8) is 0 Å². The average Bonchev–Trinajstić information content (AvgIpc) is 2.70. The predicted octanol–water partition coefficient (Wildman–Crippen LogP) is 1.14. The molecule has 4 N–H and O–H groups in total. The van der Waals surface area contributed by atoms with Crippen LogP contribution in [0.5, 0.6) is 0 Å². The van der Waals surface area contributed by atoms with E-state index in [1.54, 1.807) is 0 Å². The third-order valence-electron chi connectivity index (χ3n) is 4.77. The molecule has 1 unspecified atom stereocenters. The molecule has 12 heteroatoms. The van der Waals surface area contributed by atoms with Crippen molar-refractivity contribution in [2.45, 2.75) is 19.9 Å². The highest BCUT2D eigenvalue weighted by Gasteiger charge is 2.25. The van der Waals surface area contributed by atoms with Crippen LogP contribution in [-0.2, 0) is 9.59 Å². The molecule has 0 saturated carbocycles. The number of urea groups is 1. The minimum atomic E-state index is -1.82. The lowest BCUT2D eigenvalue weighted by atomic mass is 10.0. The van der Waals surface area contributed by atoms with E-state index in [-0.39, 0.29) is 17.8 Å². The van der Waals surface area contributed by atoms with Gasteiger partial charge in [0.05, 0.1) is 4.92 Å². The van der Waals surface area contributed by atoms with Crippen molar-refractivity contribution in [1.29, 1.82) is 0 Å². The molecule has 1 aliphatic heterocycles. The number of hydrogen-bond donors (Lipinski definition) is 4. The highest BCUT2D eigenvalue weighted by molar-refractivity contribution is 6.27. The van der Waals surface area contributed by atoms with Gasteiger partial charge in [-0.3, -0.25) is 15.0 Å². The summed E-state index contributed by atoms with van der Waals surface area (Å²) in [4.78, 5) is 45.2. The minimum Gasteiger partial charge on any atom is -0.473 e. The fourth-order valence-electron chi connectivity index (χ4n) is 2.98. The highest BCUT2D eigenvalue weighted by atomic mass is 16.6. The Hall–Kier alpha value is -3.25. The minimum absolute atomic E-state index is 0.000830. The summed E-state index contributed by atoms with van der Waals surface area (Å²) < 4.78 is 0. The number of rotatable bonds is 6. The largest absolute Gasteiger partial charge is 0.473 e. The molecule has 1 aliphatic rings. The molecule has 0 bridgehead atoms. The number of carbonyl (C=O) groups excluding carboxylic acids is 1. The molecule has 1 aromatic carbocycles. The molecule has 12 nitrogen and oxygen atoms in total. The van der Waals surface area contributed by atoms with Crippen molar-refractivity contribution in [3.05, 3.63) is 34.4 Å². The molecule has 172 valence electrons. The molecule has 2 rings (SSSR count). The first-order valence-corrected chi connectivity index (χ1v) is 9.69. The van der Waals surface area contributed by atoms with Gasteiger partial charge in [-0.1, -0.05) is 13.8 Å². The number of non-ortho nitro benzene ring substituents is 1. The van der Waals surface area contributed by atoms with Crippen molar-refractivity contribution in [1.82, 2.24) is 15.1 Å². The molecule has 1 aromatic rings. The van der Waals surface area contributed by atoms with Gasteiger partial charge < -0.3 is 25.7 Å². The number of benzene rings is 1. The third kappa shape index (κ3) is 9.40. The zero-order valence-corrected chi connectivity index (χ0v) is 17.8. The number of amides is 2. The van der Waals surface area contributed by atoms with E-state index in [0.29, 0.717) is 18.2 Å². The molecule has 1 fully saturated rings. The number of hydrogen-bond acceptors (Lipinski definition) is 7. The Morgan fingerprint density at radius 1 is 1.06 bits per heavy atom. The van der Waals surface area contributed by atoms with Gasteiger partial charge in [-0.25, -0.2) is 14.4 Å². The second kappa shape index (κ2) is 12.4. The van der Waals surface area contributed by atoms with Gasteiger partial charge in [-0.05, 0) is 25.1 Å². The van der Waals surface area contributed by atoms with Gasteiger partial charge in [0.25, 0.3) is 5.69 Å². The first-order chi connectivity index (χ1) is 14.5. The van der Waals surface area contributed by atoms with Crippen LogP contribution in [0, 0.1) is 16.0 Å². The van der Waals surface area contributed by atoms with Crippen LogP contribution in [0.1, 0.15) is 13.8 Å². The van der Waals surface area contributed by atoms with E-state index < -0.39 is 16.9 Å². The molecule has 0 aliphatic carbocycles. The highest BCUT2D eigenvalue weighted by Crippen LogP contribution is 2.16. The second-order valence-electron chi connectivity index (χ2n) is 7.40. The lowest BCUT2D eigenvalue weighted by molar-refractivity contribution is -0.384. The number of piperazine rings is 1. The first-order valence-electron chi connectivity index (χ1n) is 9.69. The summed E-state index contributed by atoms with van der Waals surface area (Å²) in [7, 11) is 2.12. The van der Waals surface area contributed by atoms with Gasteiger partial charge in [-0.2, -0.15) is 0 Å². The summed E-state index contributed by atoms with van der Waals surface area (Å²) in [6.07, 6.45) is 0. The van der Waals surface area contributed by atoms with E-state index in [0.717, 1.165) is 26.2 Å². The Balaban J connectivity index is 0.000000703. The number of nitrogens with one attached hydrogen (secondary N) is 2. The van der Waals surface area contributed by atoms with E-state index in [9.17, 15) is 14.9 Å². The van der Waals surface area contributed by atoms with Crippen molar-refractivity contribution in [2.75, 3.05) is 45.1 Å². The molecule has 1 saturated heterocycles. The third-order valence-corrected chi connectivity index (χ3v) is 4.77. The van der Waals surface area contributed by atoms with Crippen LogP contribution < -0.4 is 10.6 Å². The maximum atomic E-state index is 12.1. The van der Waals surface area contributed by atoms with Gasteiger partial charge in [0.1, 0.15) is 0 Å². The van der Waals surface area contributed by atoms with Crippen LogP contribution in [-0.4, -0.2) is 88.7 Å². The standard InChI is InChI=1S/C17H27N5O3.C2H2O4/c1-13(2)16(21-10-8-20(3)9-11-21)12-18-17(23)19-14-4-6-15(7-5-14)22(24)25;3-1(4)2(5)6/h4-7,13,16H,8-12H2,1-3H3,(H2,18,19,23);(H,3,4)(H,5,6). The summed E-state index contributed by atoms with van der Waals surface area (Å²) in [6.45, 7) is 8.99. The topological polar surface area (TPSA) is 165 Å². The Morgan fingerprint density at radius 3 is 2.00 bits per heavy atom. The van der Waals surface area contributed by atoms with Crippen molar-refractivity contribution < 1.29 is 29.5 Å². The smallest absolute Gasteiger partial charge is 0.414 e. The number of nitrogens with zero attached hydrogens (tertiary/aromatic N) is 3.